The molecule has 1 heterocycles. The number of nitrogens with zero attached hydrogens (tertiary/aromatic N) is 2. The third-order valence-electron chi connectivity index (χ3n) is 4.23. The van der Waals surface area contributed by atoms with Crippen LogP contribution in [0.1, 0.15) is 43.8 Å². The molecule has 0 spiro atoms. The first kappa shape index (κ1) is 17.4. The van der Waals surface area contributed by atoms with Crippen LogP contribution in [0.25, 0.3) is 0 Å². The molecule has 0 saturated heterocycles. The number of amides is 3. The fourth-order valence-corrected chi connectivity index (χ4v) is 2.86. The molecule has 0 aromatic heterocycles. The highest BCUT2D eigenvalue weighted by atomic mass is 16.2. The lowest BCUT2D eigenvalue weighted by atomic mass is 10.1. The fraction of sp³-hybridized carbons (Fsp3) is 0.200. The minimum atomic E-state index is -0.362. The third kappa shape index (κ3) is 3.47. The molecule has 26 heavy (non-hydrogen) atoms. The summed E-state index contributed by atoms with van der Waals surface area (Å²) in [6.07, 6.45) is 0.0302. The second-order valence-corrected chi connectivity index (χ2v) is 6.15. The zero-order chi connectivity index (χ0) is 18.7. The molecule has 1 N–H and O–H groups in total. The molecule has 6 nitrogen and oxygen atoms in total. The highest BCUT2D eigenvalue weighted by Crippen LogP contribution is 2.23. The number of rotatable bonds is 5. The Hall–Kier alpha value is -3.46. The van der Waals surface area contributed by atoms with Gasteiger partial charge in [-0.2, -0.15) is 5.26 Å². The molecule has 130 valence electrons. The van der Waals surface area contributed by atoms with E-state index >= 15 is 0 Å². The minimum absolute atomic E-state index is 0.0302. The molecular formula is C20H17N3O3. The van der Waals surface area contributed by atoms with Crippen LogP contribution in [0.3, 0.4) is 0 Å². The van der Waals surface area contributed by atoms with Gasteiger partial charge in [-0.1, -0.05) is 23.8 Å². The van der Waals surface area contributed by atoms with Crippen LogP contribution in [0.2, 0.25) is 0 Å². The first-order valence-electron chi connectivity index (χ1n) is 8.22. The number of aryl methyl sites for hydroxylation is 1. The van der Waals surface area contributed by atoms with Gasteiger partial charge < -0.3 is 5.32 Å². The monoisotopic (exact) mass is 347 g/mol. The van der Waals surface area contributed by atoms with Gasteiger partial charge in [-0.3, -0.25) is 19.3 Å². The van der Waals surface area contributed by atoms with Crippen LogP contribution in [0.15, 0.2) is 42.5 Å². The summed E-state index contributed by atoms with van der Waals surface area (Å²) in [7, 11) is 0. The van der Waals surface area contributed by atoms with Gasteiger partial charge in [0.05, 0.1) is 22.8 Å². The molecule has 0 bridgehead atoms. The van der Waals surface area contributed by atoms with Crippen molar-refractivity contribution in [2.45, 2.75) is 19.9 Å². The molecule has 0 unspecified atom stereocenters. The van der Waals surface area contributed by atoms with E-state index in [9.17, 15) is 14.4 Å². The van der Waals surface area contributed by atoms with Crippen molar-refractivity contribution in [2.24, 2.45) is 0 Å². The Kier molecular flexibility index (Phi) is 4.81. The molecule has 2 aromatic carbocycles. The predicted molar refractivity (Wildman–Crippen MR) is 94.2 cm³/mol. The summed E-state index contributed by atoms with van der Waals surface area (Å²) in [5, 5.41) is 11.6. The Morgan fingerprint density at radius 3 is 2.65 bits per heavy atom. The van der Waals surface area contributed by atoms with E-state index in [1.807, 2.05) is 19.1 Å². The van der Waals surface area contributed by atoms with Gasteiger partial charge in [-0.15, -0.1) is 0 Å². The van der Waals surface area contributed by atoms with Crippen molar-refractivity contribution in [1.29, 1.82) is 5.26 Å². The van der Waals surface area contributed by atoms with Gasteiger partial charge in [0.1, 0.15) is 0 Å². The van der Waals surface area contributed by atoms with Gasteiger partial charge in [0, 0.05) is 19.5 Å². The molecule has 0 aliphatic carbocycles. The highest BCUT2D eigenvalue weighted by Gasteiger charge is 2.35. The number of nitrogens with one attached hydrogen (secondary N) is 1. The maximum Gasteiger partial charge on any atom is 0.261 e. The van der Waals surface area contributed by atoms with Crippen LogP contribution in [-0.4, -0.2) is 29.2 Å². The fourth-order valence-electron chi connectivity index (χ4n) is 2.86. The van der Waals surface area contributed by atoms with Gasteiger partial charge in [0.2, 0.25) is 5.91 Å². The van der Waals surface area contributed by atoms with E-state index in [1.54, 1.807) is 36.4 Å². The van der Waals surface area contributed by atoms with E-state index in [0.29, 0.717) is 16.7 Å². The average molecular weight is 347 g/mol. The summed E-state index contributed by atoms with van der Waals surface area (Å²) < 4.78 is 0. The summed E-state index contributed by atoms with van der Waals surface area (Å²) in [5.74, 6) is -0.983. The number of nitriles is 1. The van der Waals surface area contributed by atoms with E-state index in [2.05, 4.69) is 5.32 Å². The van der Waals surface area contributed by atoms with Crippen molar-refractivity contribution < 1.29 is 14.4 Å². The van der Waals surface area contributed by atoms with Gasteiger partial charge in [-0.25, -0.2) is 0 Å². The number of hydrogen-bond acceptors (Lipinski definition) is 4. The summed E-state index contributed by atoms with van der Waals surface area (Å²) in [4.78, 5) is 37.8. The molecule has 3 rings (SSSR count). The first-order chi connectivity index (χ1) is 12.5. The third-order valence-corrected chi connectivity index (χ3v) is 4.23. The van der Waals surface area contributed by atoms with E-state index in [-0.39, 0.29) is 37.2 Å². The second-order valence-electron chi connectivity index (χ2n) is 6.15. The Labute approximate surface area is 151 Å². The van der Waals surface area contributed by atoms with Crippen molar-refractivity contribution in [2.75, 3.05) is 6.54 Å². The summed E-state index contributed by atoms with van der Waals surface area (Å²) in [5.41, 5.74) is 3.02. The number of imide groups is 1. The van der Waals surface area contributed by atoms with Gasteiger partial charge in [0.15, 0.2) is 0 Å². The van der Waals surface area contributed by atoms with Crippen molar-refractivity contribution >= 4 is 17.7 Å². The Balaban J connectivity index is 1.56. The molecule has 1 aliphatic rings. The lowest BCUT2D eigenvalue weighted by Crippen LogP contribution is -2.34. The van der Waals surface area contributed by atoms with Crippen LogP contribution >= 0.6 is 0 Å². The van der Waals surface area contributed by atoms with Crippen LogP contribution in [-0.2, 0) is 11.3 Å². The number of benzene rings is 2. The molecule has 1 aliphatic heterocycles. The van der Waals surface area contributed by atoms with E-state index in [0.717, 1.165) is 16.0 Å². The average Bonchev–Trinajstić information content (AvgIpc) is 2.88. The lowest BCUT2D eigenvalue weighted by molar-refractivity contribution is -0.121. The van der Waals surface area contributed by atoms with Crippen molar-refractivity contribution in [3.05, 3.63) is 70.3 Å². The van der Waals surface area contributed by atoms with E-state index in [4.69, 9.17) is 5.26 Å². The molecule has 0 atom stereocenters. The minimum Gasteiger partial charge on any atom is -0.352 e. The quantitative estimate of drug-likeness (QED) is 0.839. The molecule has 2 aromatic rings. The summed E-state index contributed by atoms with van der Waals surface area (Å²) in [6, 6.07) is 14.1. The Morgan fingerprint density at radius 1 is 1.12 bits per heavy atom. The van der Waals surface area contributed by atoms with E-state index < -0.39 is 0 Å². The van der Waals surface area contributed by atoms with Crippen LogP contribution in [0.5, 0.6) is 0 Å². The lowest BCUT2D eigenvalue weighted by Gasteiger charge is -2.13. The zero-order valence-corrected chi connectivity index (χ0v) is 14.3. The predicted octanol–water partition coefficient (Wildman–Crippen LogP) is 2.17. The summed E-state index contributed by atoms with van der Waals surface area (Å²) >= 11 is 0. The van der Waals surface area contributed by atoms with Gasteiger partial charge >= 0.3 is 0 Å². The highest BCUT2D eigenvalue weighted by molar-refractivity contribution is 6.21. The van der Waals surface area contributed by atoms with Crippen LogP contribution in [0, 0.1) is 18.3 Å². The van der Waals surface area contributed by atoms with E-state index in [1.165, 1.54) is 0 Å². The molecule has 3 amide bonds. The zero-order valence-electron chi connectivity index (χ0n) is 14.3. The SMILES string of the molecule is Cc1ccc2c(c1)C(=O)N(CCC(=O)NCc1cccc(C#N)c1)C2=O. The van der Waals surface area contributed by atoms with Crippen LogP contribution in [0.4, 0.5) is 0 Å². The van der Waals surface area contributed by atoms with Crippen molar-refractivity contribution in [3.8, 4) is 6.07 Å². The van der Waals surface area contributed by atoms with Crippen molar-refractivity contribution in [3.63, 3.8) is 0 Å². The second kappa shape index (κ2) is 7.19. The molecular weight excluding hydrogens is 330 g/mol. The molecule has 0 fully saturated rings. The summed E-state index contributed by atoms with van der Waals surface area (Å²) in [6.45, 7) is 2.18. The number of hydrogen-bond donors (Lipinski definition) is 1. The molecule has 0 saturated carbocycles. The standard InChI is InChI=1S/C20H17N3O3/c1-13-5-6-16-17(9-13)20(26)23(19(16)25)8-7-18(24)22-12-15-4-2-3-14(10-15)11-21/h2-6,9-10H,7-8,12H2,1H3,(H,22,24). The maximum absolute atomic E-state index is 12.4. The first-order valence-corrected chi connectivity index (χ1v) is 8.22. The molecule has 6 heteroatoms. The number of carbonyl (C=O) groups excluding carboxylic acids is 3. The van der Waals surface area contributed by atoms with Crippen molar-refractivity contribution in [1.82, 2.24) is 10.2 Å². The Morgan fingerprint density at radius 2 is 1.88 bits per heavy atom. The Bertz CT molecular complexity index is 944. The van der Waals surface area contributed by atoms with Gasteiger partial charge in [0.25, 0.3) is 11.8 Å². The molecule has 0 radical (unpaired) electrons. The largest absolute Gasteiger partial charge is 0.352 e. The number of fused-ring (bicyclic) bond motifs is 1. The smallest absolute Gasteiger partial charge is 0.261 e. The topological polar surface area (TPSA) is 90.3 Å². The normalized spacial score (nSPS) is 12.7. The van der Waals surface area contributed by atoms with Gasteiger partial charge in [-0.05, 0) is 36.8 Å². The maximum atomic E-state index is 12.4. The number of carbonyl (C=O) groups is 3. The van der Waals surface area contributed by atoms with Crippen LogP contribution < -0.4 is 5.32 Å².